The van der Waals surface area contributed by atoms with E-state index in [2.05, 4.69) is 0 Å². The van der Waals surface area contributed by atoms with Crippen LogP contribution < -0.4 is 5.73 Å². The summed E-state index contributed by atoms with van der Waals surface area (Å²) in [4.78, 5) is 12.5. The molecule has 1 unspecified atom stereocenters. The van der Waals surface area contributed by atoms with E-state index in [9.17, 15) is 9.90 Å². The molecule has 1 rings (SSSR count). The van der Waals surface area contributed by atoms with Crippen molar-refractivity contribution in [1.82, 2.24) is 4.90 Å². The van der Waals surface area contributed by atoms with Gasteiger partial charge < -0.3 is 20.8 Å². The maximum atomic E-state index is 10.5. The van der Waals surface area contributed by atoms with E-state index in [0.29, 0.717) is 12.2 Å². The fraction of sp³-hybridized carbons (Fsp3) is 0.462. The van der Waals surface area contributed by atoms with Gasteiger partial charge in [-0.2, -0.15) is 0 Å². The Balaban J connectivity index is 2.55. The molecule has 0 heterocycles. The van der Waals surface area contributed by atoms with Crippen molar-refractivity contribution < 1.29 is 15.0 Å². The lowest BCUT2D eigenvalue weighted by Crippen LogP contribution is -2.32. The van der Waals surface area contributed by atoms with Crippen molar-refractivity contribution in [2.24, 2.45) is 0 Å². The first kappa shape index (κ1) is 14.3. The average molecular weight is 252 g/mol. The number of carboxylic acid groups (broad SMARTS) is 1. The summed E-state index contributed by atoms with van der Waals surface area (Å²) in [6.45, 7) is 2.55. The first-order valence-corrected chi connectivity index (χ1v) is 5.89. The van der Waals surface area contributed by atoms with Gasteiger partial charge in [-0.1, -0.05) is 6.07 Å². The molecule has 0 spiro atoms. The molecule has 18 heavy (non-hydrogen) atoms. The molecule has 0 amide bonds. The lowest BCUT2D eigenvalue weighted by Gasteiger charge is -2.24. The Kier molecular flexibility index (Phi) is 4.97. The van der Waals surface area contributed by atoms with Gasteiger partial charge in [-0.3, -0.25) is 4.79 Å². The Morgan fingerprint density at radius 3 is 2.72 bits per heavy atom. The number of anilines is 1. The standard InChI is InChI=1S/C13H20N2O3/c1-9(15(2)6-5-13(17)18)7-10-3-4-12(16)11(14)8-10/h3-4,8-9,16H,5-7,14H2,1-2H3,(H,17,18). The van der Waals surface area contributed by atoms with Crippen molar-refractivity contribution in [3.63, 3.8) is 0 Å². The molecule has 100 valence electrons. The highest BCUT2D eigenvalue weighted by molar-refractivity contribution is 5.66. The van der Waals surface area contributed by atoms with Gasteiger partial charge in [0.05, 0.1) is 12.1 Å². The van der Waals surface area contributed by atoms with Crippen molar-refractivity contribution in [2.75, 3.05) is 19.3 Å². The Hall–Kier alpha value is -1.75. The Morgan fingerprint density at radius 2 is 2.17 bits per heavy atom. The smallest absolute Gasteiger partial charge is 0.304 e. The Labute approximate surface area is 107 Å². The highest BCUT2D eigenvalue weighted by Crippen LogP contribution is 2.21. The van der Waals surface area contributed by atoms with Gasteiger partial charge >= 0.3 is 5.97 Å². The largest absolute Gasteiger partial charge is 0.506 e. The highest BCUT2D eigenvalue weighted by atomic mass is 16.4. The zero-order chi connectivity index (χ0) is 13.7. The normalized spacial score (nSPS) is 12.6. The van der Waals surface area contributed by atoms with Crippen LogP contribution in [0.15, 0.2) is 18.2 Å². The topological polar surface area (TPSA) is 86.8 Å². The van der Waals surface area contributed by atoms with Gasteiger partial charge in [-0.05, 0) is 38.1 Å². The van der Waals surface area contributed by atoms with E-state index in [0.717, 1.165) is 12.0 Å². The molecule has 1 aromatic carbocycles. The lowest BCUT2D eigenvalue weighted by molar-refractivity contribution is -0.137. The number of benzene rings is 1. The molecule has 0 bridgehead atoms. The number of rotatable bonds is 6. The zero-order valence-corrected chi connectivity index (χ0v) is 10.8. The molecule has 5 nitrogen and oxygen atoms in total. The third kappa shape index (κ3) is 4.25. The van der Waals surface area contributed by atoms with E-state index in [1.54, 1.807) is 12.1 Å². The Morgan fingerprint density at radius 1 is 1.50 bits per heavy atom. The molecule has 4 N–H and O–H groups in total. The number of carbonyl (C=O) groups is 1. The van der Waals surface area contributed by atoms with E-state index in [1.165, 1.54) is 0 Å². The van der Waals surface area contributed by atoms with E-state index in [4.69, 9.17) is 10.8 Å². The van der Waals surface area contributed by atoms with Gasteiger partial charge in [0, 0.05) is 12.6 Å². The van der Waals surface area contributed by atoms with Crippen molar-refractivity contribution in [2.45, 2.75) is 25.8 Å². The summed E-state index contributed by atoms with van der Waals surface area (Å²) < 4.78 is 0. The maximum Gasteiger partial charge on any atom is 0.304 e. The van der Waals surface area contributed by atoms with Crippen LogP contribution in [0.4, 0.5) is 5.69 Å². The zero-order valence-electron chi connectivity index (χ0n) is 10.8. The van der Waals surface area contributed by atoms with E-state index < -0.39 is 5.97 Å². The van der Waals surface area contributed by atoms with E-state index in [-0.39, 0.29) is 18.2 Å². The van der Waals surface area contributed by atoms with E-state index >= 15 is 0 Å². The van der Waals surface area contributed by atoms with Crippen molar-refractivity contribution in [1.29, 1.82) is 0 Å². The number of likely N-dealkylation sites (N-methyl/N-ethyl adjacent to an activating group) is 1. The van der Waals surface area contributed by atoms with Gasteiger partial charge in [0.15, 0.2) is 0 Å². The first-order chi connectivity index (χ1) is 8.40. The number of nitrogens with two attached hydrogens (primary N) is 1. The molecular weight excluding hydrogens is 232 g/mol. The Bertz CT molecular complexity index is 421. The molecule has 0 fully saturated rings. The van der Waals surface area contributed by atoms with Gasteiger partial charge in [-0.15, -0.1) is 0 Å². The van der Waals surface area contributed by atoms with Crippen LogP contribution in [0.5, 0.6) is 5.75 Å². The summed E-state index contributed by atoms with van der Waals surface area (Å²) in [5.41, 5.74) is 7.03. The monoisotopic (exact) mass is 252 g/mol. The number of hydrogen-bond donors (Lipinski definition) is 3. The van der Waals surface area contributed by atoms with E-state index in [1.807, 2.05) is 24.9 Å². The van der Waals surface area contributed by atoms with Crippen LogP contribution in [0.1, 0.15) is 18.9 Å². The van der Waals surface area contributed by atoms with Crippen LogP contribution in [0.3, 0.4) is 0 Å². The molecular formula is C13H20N2O3. The van der Waals surface area contributed by atoms with Crippen LogP contribution in [0.2, 0.25) is 0 Å². The molecule has 0 aliphatic carbocycles. The van der Waals surface area contributed by atoms with Gasteiger partial charge in [0.2, 0.25) is 0 Å². The predicted molar refractivity (Wildman–Crippen MR) is 70.6 cm³/mol. The minimum absolute atomic E-state index is 0.0886. The first-order valence-electron chi connectivity index (χ1n) is 5.89. The molecule has 1 aromatic rings. The quantitative estimate of drug-likeness (QED) is 0.525. The van der Waals surface area contributed by atoms with Crippen molar-refractivity contribution in [3.05, 3.63) is 23.8 Å². The molecule has 0 radical (unpaired) electrons. The van der Waals surface area contributed by atoms with Crippen LogP contribution in [-0.4, -0.2) is 40.7 Å². The third-order valence-electron chi connectivity index (χ3n) is 3.05. The fourth-order valence-corrected chi connectivity index (χ4v) is 1.72. The van der Waals surface area contributed by atoms with Crippen LogP contribution in [0.25, 0.3) is 0 Å². The number of hydrogen-bond acceptors (Lipinski definition) is 4. The fourth-order valence-electron chi connectivity index (χ4n) is 1.72. The lowest BCUT2D eigenvalue weighted by atomic mass is 10.1. The minimum atomic E-state index is -0.789. The molecule has 0 aliphatic rings. The van der Waals surface area contributed by atoms with Crippen molar-refractivity contribution >= 4 is 11.7 Å². The minimum Gasteiger partial charge on any atom is -0.506 e. The second-order valence-electron chi connectivity index (χ2n) is 4.57. The number of aromatic hydroxyl groups is 1. The second-order valence-corrected chi connectivity index (χ2v) is 4.57. The number of aliphatic carboxylic acids is 1. The van der Waals surface area contributed by atoms with Crippen LogP contribution in [-0.2, 0) is 11.2 Å². The molecule has 0 saturated heterocycles. The summed E-state index contributed by atoms with van der Waals surface area (Å²) in [6.07, 6.45) is 0.902. The highest BCUT2D eigenvalue weighted by Gasteiger charge is 2.12. The second kappa shape index (κ2) is 6.26. The van der Waals surface area contributed by atoms with Crippen molar-refractivity contribution in [3.8, 4) is 5.75 Å². The molecule has 0 aliphatic heterocycles. The molecule has 0 saturated carbocycles. The molecule has 5 heteroatoms. The SMILES string of the molecule is CC(Cc1ccc(O)c(N)c1)N(C)CCC(=O)O. The summed E-state index contributed by atoms with van der Waals surface area (Å²) in [6, 6.07) is 5.37. The third-order valence-corrected chi connectivity index (χ3v) is 3.05. The number of phenols is 1. The number of nitrogen functional groups attached to an aromatic ring is 1. The summed E-state index contributed by atoms with van der Waals surface area (Å²) in [5.74, 6) is -0.700. The predicted octanol–water partition coefficient (Wildman–Crippen LogP) is 1.31. The number of carboxylic acids is 1. The summed E-state index contributed by atoms with van der Waals surface area (Å²) in [5, 5.41) is 18.0. The molecule has 0 aromatic heterocycles. The summed E-state index contributed by atoms with van der Waals surface area (Å²) in [7, 11) is 1.90. The van der Waals surface area contributed by atoms with Gasteiger partial charge in [-0.25, -0.2) is 0 Å². The average Bonchev–Trinajstić information content (AvgIpc) is 2.30. The molecule has 1 atom stereocenters. The van der Waals surface area contributed by atoms with Gasteiger partial charge in [0.25, 0.3) is 0 Å². The van der Waals surface area contributed by atoms with Gasteiger partial charge in [0.1, 0.15) is 5.75 Å². The number of nitrogens with zero attached hydrogens (tertiary/aromatic N) is 1. The maximum absolute atomic E-state index is 10.5. The van der Waals surface area contributed by atoms with Crippen LogP contribution >= 0.6 is 0 Å². The summed E-state index contributed by atoms with van der Waals surface area (Å²) >= 11 is 0. The van der Waals surface area contributed by atoms with Crippen LogP contribution in [0, 0.1) is 0 Å². The number of phenolic OH excluding ortho intramolecular Hbond substituents is 1.